The number of rotatable bonds is 4. The van der Waals surface area contributed by atoms with E-state index in [0.717, 1.165) is 28.4 Å². The molecule has 0 spiro atoms. The van der Waals surface area contributed by atoms with Gasteiger partial charge in [-0.2, -0.15) is 0 Å². The van der Waals surface area contributed by atoms with Crippen molar-refractivity contribution in [2.75, 3.05) is 5.32 Å². The van der Waals surface area contributed by atoms with E-state index in [9.17, 15) is 4.39 Å². The number of benzene rings is 1. The summed E-state index contributed by atoms with van der Waals surface area (Å²) < 4.78 is 13.9. The molecule has 2 rings (SSSR count). The van der Waals surface area contributed by atoms with Gasteiger partial charge < -0.3 is 5.32 Å². The topological polar surface area (TPSA) is 24.9 Å². The van der Waals surface area contributed by atoms with Crippen molar-refractivity contribution in [1.29, 1.82) is 0 Å². The third-order valence-electron chi connectivity index (χ3n) is 2.63. The first-order chi connectivity index (χ1) is 8.60. The summed E-state index contributed by atoms with van der Waals surface area (Å²) in [6.45, 7) is 4.66. The molecule has 2 nitrogen and oxygen atoms in total. The van der Waals surface area contributed by atoms with E-state index >= 15 is 0 Å². The fourth-order valence-corrected chi connectivity index (χ4v) is 2.82. The quantitative estimate of drug-likeness (QED) is 0.891. The van der Waals surface area contributed by atoms with Crippen molar-refractivity contribution in [2.45, 2.75) is 26.8 Å². The molecule has 18 heavy (non-hydrogen) atoms. The Morgan fingerprint density at radius 1 is 1.44 bits per heavy atom. The Balaban J connectivity index is 2.08. The number of anilines is 1. The van der Waals surface area contributed by atoms with Gasteiger partial charge in [0.05, 0.1) is 21.7 Å². The number of hydrogen-bond donors (Lipinski definition) is 1. The maximum atomic E-state index is 13.4. The Bertz CT molecular complexity index is 554. The van der Waals surface area contributed by atoms with Crippen LogP contribution in [0.5, 0.6) is 0 Å². The molecule has 0 fully saturated rings. The Kier molecular flexibility index (Phi) is 4.35. The van der Waals surface area contributed by atoms with Crippen LogP contribution < -0.4 is 5.32 Å². The van der Waals surface area contributed by atoms with Crippen LogP contribution in [0.3, 0.4) is 0 Å². The second-order valence-electron chi connectivity index (χ2n) is 4.02. The zero-order chi connectivity index (χ0) is 13.1. The fourth-order valence-electron chi connectivity index (χ4n) is 1.62. The van der Waals surface area contributed by atoms with Gasteiger partial charge in [-0.15, -0.1) is 11.3 Å². The number of nitrogens with one attached hydrogen (secondary N) is 1. The minimum Gasteiger partial charge on any atom is -0.379 e. The molecule has 0 aliphatic rings. The zero-order valence-corrected chi connectivity index (χ0v) is 12.7. The molecule has 96 valence electrons. The number of aromatic nitrogens is 1. The standard InChI is InChI=1S/C13H14BrFN2S/c1-3-13-17-9(7-18-13)6-16-12-5-11(15)10(14)4-8(12)2/h4-5,7,16H,3,6H2,1-2H3. The molecule has 1 N–H and O–H groups in total. The van der Waals surface area contributed by atoms with E-state index in [2.05, 4.69) is 33.2 Å². The first kappa shape index (κ1) is 13.5. The molecule has 0 saturated heterocycles. The highest BCUT2D eigenvalue weighted by molar-refractivity contribution is 9.10. The Hall–Kier alpha value is -0.940. The molecule has 0 atom stereocenters. The van der Waals surface area contributed by atoms with Gasteiger partial charge in [0.25, 0.3) is 0 Å². The van der Waals surface area contributed by atoms with Crippen molar-refractivity contribution in [3.05, 3.63) is 44.1 Å². The first-order valence-electron chi connectivity index (χ1n) is 5.73. The van der Waals surface area contributed by atoms with E-state index in [1.54, 1.807) is 17.4 Å². The average molecular weight is 329 g/mol. The van der Waals surface area contributed by atoms with Crippen LogP contribution in [0.2, 0.25) is 0 Å². The molecule has 0 radical (unpaired) electrons. The smallest absolute Gasteiger partial charge is 0.139 e. The SMILES string of the molecule is CCc1nc(CNc2cc(F)c(Br)cc2C)cs1. The minimum atomic E-state index is -0.254. The van der Waals surface area contributed by atoms with E-state index in [4.69, 9.17) is 0 Å². The highest BCUT2D eigenvalue weighted by atomic mass is 79.9. The second kappa shape index (κ2) is 5.80. The summed E-state index contributed by atoms with van der Waals surface area (Å²) in [5, 5.41) is 6.39. The minimum absolute atomic E-state index is 0.254. The summed E-state index contributed by atoms with van der Waals surface area (Å²) in [4.78, 5) is 4.47. The third-order valence-corrected chi connectivity index (χ3v) is 4.28. The van der Waals surface area contributed by atoms with Crippen LogP contribution in [0.4, 0.5) is 10.1 Å². The van der Waals surface area contributed by atoms with Gasteiger partial charge in [0.2, 0.25) is 0 Å². The van der Waals surface area contributed by atoms with Gasteiger partial charge in [0, 0.05) is 11.1 Å². The van der Waals surface area contributed by atoms with Crippen LogP contribution in [0.15, 0.2) is 22.0 Å². The Labute approximate surface area is 118 Å². The van der Waals surface area contributed by atoms with Crippen LogP contribution in [-0.2, 0) is 13.0 Å². The van der Waals surface area contributed by atoms with Gasteiger partial charge in [0.15, 0.2) is 0 Å². The molecule has 2 aromatic rings. The molecule has 0 unspecified atom stereocenters. The number of nitrogens with zero attached hydrogens (tertiary/aromatic N) is 1. The third kappa shape index (κ3) is 3.09. The van der Waals surface area contributed by atoms with Crippen molar-refractivity contribution < 1.29 is 4.39 Å². The lowest BCUT2D eigenvalue weighted by Gasteiger charge is -2.09. The summed E-state index contributed by atoms with van der Waals surface area (Å²) in [7, 11) is 0. The summed E-state index contributed by atoms with van der Waals surface area (Å²) >= 11 is 4.84. The van der Waals surface area contributed by atoms with Gasteiger partial charge >= 0.3 is 0 Å². The van der Waals surface area contributed by atoms with Gasteiger partial charge in [-0.25, -0.2) is 9.37 Å². The highest BCUT2D eigenvalue weighted by Crippen LogP contribution is 2.24. The lowest BCUT2D eigenvalue weighted by Crippen LogP contribution is -2.02. The lowest BCUT2D eigenvalue weighted by atomic mass is 10.2. The van der Waals surface area contributed by atoms with Crippen molar-refractivity contribution in [1.82, 2.24) is 4.98 Å². The predicted molar refractivity (Wildman–Crippen MR) is 77.7 cm³/mol. The number of halogens is 2. The first-order valence-corrected chi connectivity index (χ1v) is 7.40. The summed E-state index contributed by atoms with van der Waals surface area (Å²) in [5.74, 6) is -0.254. The number of thiazole rings is 1. The molecule has 0 amide bonds. The monoisotopic (exact) mass is 328 g/mol. The van der Waals surface area contributed by atoms with E-state index in [1.165, 1.54) is 6.07 Å². The highest BCUT2D eigenvalue weighted by Gasteiger charge is 2.06. The van der Waals surface area contributed by atoms with Crippen molar-refractivity contribution in [3.63, 3.8) is 0 Å². The maximum absolute atomic E-state index is 13.4. The van der Waals surface area contributed by atoms with Crippen molar-refractivity contribution >= 4 is 33.0 Å². The summed E-state index contributed by atoms with van der Waals surface area (Å²) in [6, 6.07) is 3.28. The Morgan fingerprint density at radius 2 is 2.22 bits per heavy atom. The summed E-state index contributed by atoms with van der Waals surface area (Å²) in [5.41, 5.74) is 2.82. The number of aryl methyl sites for hydroxylation is 2. The molecule has 0 aliphatic carbocycles. The average Bonchev–Trinajstić information content (AvgIpc) is 2.80. The molecular weight excluding hydrogens is 315 g/mol. The van der Waals surface area contributed by atoms with Crippen molar-refractivity contribution in [2.24, 2.45) is 0 Å². The molecule has 0 saturated carbocycles. The van der Waals surface area contributed by atoms with Crippen LogP contribution in [-0.4, -0.2) is 4.98 Å². The van der Waals surface area contributed by atoms with Crippen LogP contribution in [0, 0.1) is 12.7 Å². The van der Waals surface area contributed by atoms with Crippen LogP contribution >= 0.6 is 27.3 Å². The molecule has 0 aliphatic heterocycles. The molecule has 5 heteroatoms. The van der Waals surface area contributed by atoms with Crippen LogP contribution in [0.25, 0.3) is 0 Å². The lowest BCUT2D eigenvalue weighted by molar-refractivity contribution is 0.621. The molecule has 1 aromatic heterocycles. The normalized spacial score (nSPS) is 10.7. The van der Waals surface area contributed by atoms with E-state index < -0.39 is 0 Å². The summed E-state index contributed by atoms with van der Waals surface area (Å²) in [6.07, 6.45) is 0.955. The molecule has 1 heterocycles. The largest absolute Gasteiger partial charge is 0.379 e. The molecule has 0 bridgehead atoms. The van der Waals surface area contributed by atoms with Crippen molar-refractivity contribution in [3.8, 4) is 0 Å². The number of hydrogen-bond acceptors (Lipinski definition) is 3. The van der Waals surface area contributed by atoms with Crippen LogP contribution in [0.1, 0.15) is 23.2 Å². The maximum Gasteiger partial charge on any atom is 0.139 e. The van der Waals surface area contributed by atoms with Gasteiger partial charge in [0.1, 0.15) is 5.82 Å². The molecule has 1 aromatic carbocycles. The Morgan fingerprint density at radius 3 is 2.89 bits per heavy atom. The van der Waals surface area contributed by atoms with Gasteiger partial charge in [-0.1, -0.05) is 6.92 Å². The zero-order valence-electron chi connectivity index (χ0n) is 10.3. The molecular formula is C13H14BrFN2S. The van der Waals surface area contributed by atoms with Gasteiger partial charge in [-0.05, 0) is 47.0 Å². The second-order valence-corrected chi connectivity index (χ2v) is 5.82. The van der Waals surface area contributed by atoms with E-state index in [0.29, 0.717) is 11.0 Å². The van der Waals surface area contributed by atoms with E-state index in [1.807, 2.05) is 12.3 Å². The fraction of sp³-hybridized carbons (Fsp3) is 0.308. The predicted octanol–water partition coefficient (Wildman–Crippen LogP) is 4.53. The van der Waals surface area contributed by atoms with E-state index in [-0.39, 0.29) is 5.82 Å². The van der Waals surface area contributed by atoms with Gasteiger partial charge in [-0.3, -0.25) is 0 Å².